The van der Waals surface area contributed by atoms with Gasteiger partial charge in [-0.05, 0) is 39.8 Å². The predicted octanol–water partition coefficient (Wildman–Crippen LogP) is 1.46. The maximum absolute atomic E-state index is 12.8. The molecule has 2 aliphatic rings. The topological polar surface area (TPSA) is 64.1 Å². The number of hydrogen-bond acceptors (Lipinski definition) is 3. The van der Waals surface area contributed by atoms with E-state index in [2.05, 4.69) is 4.90 Å². The van der Waals surface area contributed by atoms with E-state index in [0.29, 0.717) is 32.0 Å². The number of carboxylic acids is 1. The number of urea groups is 1. The minimum absolute atomic E-state index is 0.0901. The molecule has 0 radical (unpaired) electrons. The third kappa shape index (κ3) is 2.86. The van der Waals surface area contributed by atoms with E-state index in [0.717, 1.165) is 25.8 Å². The van der Waals surface area contributed by atoms with Crippen molar-refractivity contribution in [3.8, 4) is 0 Å². The molecule has 2 aliphatic heterocycles. The highest BCUT2D eigenvalue weighted by Crippen LogP contribution is 2.35. The molecule has 0 aromatic carbocycles. The quantitative estimate of drug-likeness (QED) is 0.853. The Morgan fingerprint density at radius 2 is 2.05 bits per heavy atom. The molecule has 6 heteroatoms. The van der Waals surface area contributed by atoms with Gasteiger partial charge in [-0.25, -0.2) is 9.59 Å². The van der Waals surface area contributed by atoms with Crippen LogP contribution in [0.5, 0.6) is 0 Å². The summed E-state index contributed by atoms with van der Waals surface area (Å²) in [6.45, 7) is 3.96. The first-order chi connectivity index (χ1) is 9.92. The molecule has 0 aromatic rings. The first kappa shape index (κ1) is 16.1. The first-order valence-corrected chi connectivity index (χ1v) is 7.88. The van der Waals surface area contributed by atoms with Gasteiger partial charge in [-0.2, -0.15) is 0 Å². The van der Waals surface area contributed by atoms with Crippen LogP contribution in [0.1, 0.15) is 39.0 Å². The van der Waals surface area contributed by atoms with E-state index in [1.807, 2.05) is 25.9 Å². The van der Waals surface area contributed by atoms with Gasteiger partial charge in [-0.15, -0.1) is 0 Å². The van der Waals surface area contributed by atoms with Gasteiger partial charge in [0.15, 0.2) is 0 Å². The summed E-state index contributed by atoms with van der Waals surface area (Å²) in [6.07, 6.45) is 3.63. The zero-order chi connectivity index (χ0) is 15.6. The normalized spacial score (nSPS) is 29.4. The average Bonchev–Trinajstić information content (AvgIpc) is 3.05. The van der Waals surface area contributed by atoms with Gasteiger partial charge >= 0.3 is 12.0 Å². The summed E-state index contributed by atoms with van der Waals surface area (Å²) >= 11 is 0. The van der Waals surface area contributed by atoms with Crippen LogP contribution in [0.2, 0.25) is 0 Å². The van der Waals surface area contributed by atoms with Crippen molar-refractivity contribution in [2.24, 2.45) is 0 Å². The van der Waals surface area contributed by atoms with Gasteiger partial charge < -0.3 is 19.8 Å². The summed E-state index contributed by atoms with van der Waals surface area (Å²) in [5.41, 5.74) is -0.984. The van der Waals surface area contributed by atoms with Crippen molar-refractivity contribution in [3.05, 3.63) is 0 Å². The van der Waals surface area contributed by atoms with Crippen LogP contribution in [0.3, 0.4) is 0 Å². The van der Waals surface area contributed by atoms with E-state index in [9.17, 15) is 14.7 Å². The molecule has 2 heterocycles. The number of nitrogens with zero attached hydrogens (tertiary/aromatic N) is 3. The minimum Gasteiger partial charge on any atom is -0.479 e. The predicted molar refractivity (Wildman–Crippen MR) is 80.3 cm³/mol. The Labute approximate surface area is 126 Å². The zero-order valence-corrected chi connectivity index (χ0v) is 13.3. The molecule has 2 fully saturated rings. The number of hydrogen-bond donors (Lipinski definition) is 1. The molecular formula is C15H27N3O3. The van der Waals surface area contributed by atoms with Crippen molar-refractivity contribution in [1.82, 2.24) is 14.7 Å². The van der Waals surface area contributed by atoms with Crippen LogP contribution in [0, 0.1) is 0 Å². The second-order valence-electron chi connectivity index (χ2n) is 6.48. The van der Waals surface area contributed by atoms with Crippen molar-refractivity contribution in [2.75, 3.05) is 33.7 Å². The number of likely N-dealkylation sites (N-methyl/N-ethyl adjacent to an activating group) is 1. The molecule has 1 N–H and O–H groups in total. The second-order valence-corrected chi connectivity index (χ2v) is 6.48. The molecule has 0 aromatic heterocycles. The van der Waals surface area contributed by atoms with Crippen molar-refractivity contribution in [3.63, 3.8) is 0 Å². The van der Waals surface area contributed by atoms with Gasteiger partial charge in [0.2, 0.25) is 0 Å². The number of likely N-dealkylation sites (tertiary alicyclic amines) is 2. The van der Waals surface area contributed by atoms with Crippen LogP contribution in [-0.2, 0) is 4.79 Å². The Bertz CT molecular complexity index is 413. The monoisotopic (exact) mass is 297 g/mol. The van der Waals surface area contributed by atoms with Crippen LogP contribution in [0.4, 0.5) is 4.79 Å². The fourth-order valence-electron chi connectivity index (χ4n) is 3.67. The molecule has 6 nitrogen and oxygen atoms in total. The maximum atomic E-state index is 12.8. The Balaban J connectivity index is 2.12. The lowest BCUT2D eigenvalue weighted by molar-refractivity contribution is -0.148. The van der Waals surface area contributed by atoms with Crippen LogP contribution in [-0.4, -0.2) is 77.1 Å². The van der Waals surface area contributed by atoms with E-state index < -0.39 is 11.5 Å². The third-order valence-corrected chi connectivity index (χ3v) is 4.95. The molecule has 0 bridgehead atoms. The first-order valence-electron chi connectivity index (χ1n) is 7.88. The Hall–Kier alpha value is -1.30. The molecule has 0 saturated carbocycles. The van der Waals surface area contributed by atoms with E-state index in [4.69, 9.17) is 0 Å². The molecule has 2 atom stereocenters. The van der Waals surface area contributed by atoms with Gasteiger partial charge in [0.05, 0.1) is 0 Å². The molecule has 2 rings (SSSR count). The molecule has 2 unspecified atom stereocenters. The highest BCUT2D eigenvalue weighted by Gasteiger charge is 2.50. The van der Waals surface area contributed by atoms with Gasteiger partial charge in [-0.3, -0.25) is 0 Å². The fraction of sp³-hybridized carbons (Fsp3) is 0.867. The van der Waals surface area contributed by atoms with Crippen molar-refractivity contribution in [1.29, 1.82) is 0 Å². The number of carbonyl (C=O) groups excluding carboxylic acids is 1. The molecule has 2 amide bonds. The number of amides is 2. The summed E-state index contributed by atoms with van der Waals surface area (Å²) in [5.74, 6) is -0.849. The highest BCUT2D eigenvalue weighted by molar-refractivity contribution is 5.87. The van der Waals surface area contributed by atoms with Gasteiger partial charge in [0.25, 0.3) is 0 Å². The lowest BCUT2D eigenvalue weighted by atomic mass is 9.91. The minimum atomic E-state index is -0.984. The molecule has 0 spiro atoms. The maximum Gasteiger partial charge on any atom is 0.329 e. The summed E-state index contributed by atoms with van der Waals surface area (Å²) in [4.78, 5) is 30.2. The summed E-state index contributed by atoms with van der Waals surface area (Å²) in [7, 11) is 4.04. The van der Waals surface area contributed by atoms with Gasteiger partial charge in [-0.1, -0.05) is 13.3 Å². The number of aliphatic carboxylic acids is 1. The zero-order valence-electron chi connectivity index (χ0n) is 13.3. The highest BCUT2D eigenvalue weighted by atomic mass is 16.4. The van der Waals surface area contributed by atoms with Crippen LogP contribution in [0.25, 0.3) is 0 Å². The summed E-state index contributed by atoms with van der Waals surface area (Å²) in [6, 6.07) is 0.287. The van der Waals surface area contributed by atoms with E-state index in [-0.39, 0.29) is 6.03 Å². The van der Waals surface area contributed by atoms with Gasteiger partial charge in [0.1, 0.15) is 5.54 Å². The summed E-state index contributed by atoms with van der Waals surface area (Å²) < 4.78 is 0. The Morgan fingerprint density at radius 1 is 1.33 bits per heavy atom. The molecule has 120 valence electrons. The van der Waals surface area contributed by atoms with Crippen LogP contribution in [0.15, 0.2) is 0 Å². The van der Waals surface area contributed by atoms with Crippen LogP contribution >= 0.6 is 0 Å². The standard InChI is InChI=1S/C15H27N3O3/c1-4-7-15(13(19)20)8-5-9-18(15)14(21)17-10-6-12(11-17)16(2)3/h12H,4-11H2,1-3H3,(H,19,20). The largest absolute Gasteiger partial charge is 0.479 e. The number of carbonyl (C=O) groups is 2. The molecule has 2 saturated heterocycles. The van der Waals surface area contributed by atoms with E-state index >= 15 is 0 Å². The van der Waals surface area contributed by atoms with Gasteiger partial charge in [0, 0.05) is 25.7 Å². The molecular weight excluding hydrogens is 270 g/mol. The smallest absolute Gasteiger partial charge is 0.329 e. The van der Waals surface area contributed by atoms with Crippen molar-refractivity contribution < 1.29 is 14.7 Å². The fourth-order valence-corrected chi connectivity index (χ4v) is 3.67. The number of carboxylic acid groups (broad SMARTS) is 1. The SMILES string of the molecule is CCCC1(C(=O)O)CCCN1C(=O)N1CCC(N(C)C)C1. The van der Waals surface area contributed by atoms with Crippen LogP contribution < -0.4 is 0 Å². The van der Waals surface area contributed by atoms with E-state index in [1.165, 1.54) is 0 Å². The molecule has 21 heavy (non-hydrogen) atoms. The summed E-state index contributed by atoms with van der Waals surface area (Å²) in [5, 5.41) is 9.68. The second kappa shape index (κ2) is 6.22. The lowest BCUT2D eigenvalue weighted by Crippen LogP contribution is -2.56. The molecule has 0 aliphatic carbocycles. The van der Waals surface area contributed by atoms with E-state index in [1.54, 1.807) is 4.90 Å². The third-order valence-electron chi connectivity index (χ3n) is 4.95. The van der Waals surface area contributed by atoms with Crippen molar-refractivity contribution in [2.45, 2.75) is 50.6 Å². The van der Waals surface area contributed by atoms with Crippen molar-refractivity contribution >= 4 is 12.0 Å². The number of rotatable bonds is 4. The lowest BCUT2D eigenvalue weighted by Gasteiger charge is -2.37. The Kier molecular flexibility index (Phi) is 4.76. The average molecular weight is 297 g/mol. The Morgan fingerprint density at radius 3 is 2.57 bits per heavy atom.